The van der Waals surface area contributed by atoms with Crippen LogP contribution in [0, 0.1) is 5.92 Å². The summed E-state index contributed by atoms with van der Waals surface area (Å²) in [6.07, 6.45) is -0.0868. The summed E-state index contributed by atoms with van der Waals surface area (Å²) in [4.78, 5) is 11.7. The van der Waals surface area contributed by atoms with Crippen LogP contribution in [0.15, 0.2) is 24.3 Å². The van der Waals surface area contributed by atoms with Gasteiger partial charge in [0.25, 0.3) is 0 Å². The van der Waals surface area contributed by atoms with Gasteiger partial charge >= 0.3 is 5.97 Å². The first-order chi connectivity index (χ1) is 8.40. The largest absolute Gasteiger partial charge is 0.459 e. The van der Waals surface area contributed by atoms with Crippen molar-refractivity contribution in [2.45, 2.75) is 46.8 Å². The number of anilines is 1. The molecular weight excluding hydrogens is 226 g/mol. The molecule has 0 radical (unpaired) electrons. The molecule has 1 unspecified atom stereocenters. The molecule has 1 aromatic rings. The van der Waals surface area contributed by atoms with Crippen molar-refractivity contribution in [3.8, 4) is 0 Å². The van der Waals surface area contributed by atoms with Gasteiger partial charge in [0.1, 0.15) is 0 Å². The molecule has 0 aliphatic rings. The van der Waals surface area contributed by atoms with Crippen LogP contribution in [0.5, 0.6) is 0 Å². The highest BCUT2D eigenvalue weighted by Crippen LogP contribution is 2.14. The van der Waals surface area contributed by atoms with Crippen LogP contribution in [0.4, 0.5) is 5.69 Å². The van der Waals surface area contributed by atoms with Crippen LogP contribution in [0.3, 0.4) is 0 Å². The maximum Gasteiger partial charge on any atom is 0.338 e. The van der Waals surface area contributed by atoms with Gasteiger partial charge in [0.15, 0.2) is 0 Å². The van der Waals surface area contributed by atoms with E-state index in [0.717, 1.165) is 5.69 Å². The van der Waals surface area contributed by atoms with Gasteiger partial charge in [-0.15, -0.1) is 0 Å². The van der Waals surface area contributed by atoms with E-state index < -0.39 is 0 Å². The second-order valence-electron chi connectivity index (χ2n) is 5.21. The molecule has 0 bridgehead atoms. The van der Waals surface area contributed by atoms with Crippen molar-refractivity contribution in [3.05, 3.63) is 29.8 Å². The molecule has 18 heavy (non-hydrogen) atoms. The fourth-order valence-electron chi connectivity index (χ4n) is 1.41. The van der Waals surface area contributed by atoms with Crippen LogP contribution in [0.1, 0.15) is 45.0 Å². The third-order valence-electron chi connectivity index (χ3n) is 2.86. The van der Waals surface area contributed by atoms with Gasteiger partial charge in [-0.1, -0.05) is 13.8 Å². The molecule has 1 aromatic carbocycles. The average molecular weight is 249 g/mol. The van der Waals surface area contributed by atoms with Crippen molar-refractivity contribution in [1.29, 1.82) is 0 Å². The summed E-state index contributed by atoms with van der Waals surface area (Å²) in [6.45, 7) is 10.2. The second-order valence-corrected chi connectivity index (χ2v) is 5.21. The zero-order chi connectivity index (χ0) is 13.7. The Balaban J connectivity index is 2.65. The minimum absolute atomic E-state index is 0.0868. The molecule has 0 amide bonds. The molecule has 1 atom stereocenters. The van der Waals surface area contributed by atoms with Crippen molar-refractivity contribution in [3.63, 3.8) is 0 Å². The third kappa shape index (κ3) is 4.40. The minimum Gasteiger partial charge on any atom is -0.459 e. The van der Waals surface area contributed by atoms with Gasteiger partial charge in [0.2, 0.25) is 0 Å². The van der Waals surface area contributed by atoms with E-state index in [1.807, 2.05) is 26.0 Å². The standard InChI is InChI=1S/C15H23NO2/c1-10(2)12(5)16-14-8-6-13(7-9-14)15(17)18-11(3)4/h6-12,16H,1-5H3. The van der Waals surface area contributed by atoms with Gasteiger partial charge in [-0.05, 0) is 51.0 Å². The predicted octanol–water partition coefficient (Wildman–Crippen LogP) is 3.71. The molecule has 100 valence electrons. The van der Waals surface area contributed by atoms with Gasteiger partial charge < -0.3 is 10.1 Å². The van der Waals surface area contributed by atoms with E-state index in [1.165, 1.54) is 0 Å². The molecule has 3 nitrogen and oxygen atoms in total. The van der Waals surface area contributed by atoms with Crippen LogP contribution in [0.2, 0.25) is 0 Å². The van der Waals surface area contributed by atoms with Gasteiger partial charge in [-0.3, -0.25) is 0 Å². The molecule has 0 heterocycles. The first-order valence-electron chi connectivity index (χ1n) is 6.47. The van der Waals surface area contributed by atoms with E-state index in [2.05, 4.69) is 26.1 Å². The Kier molecular flexibility index (Phi) is 5.20. The maximum absolute atomic E-state index is 11.7. The lowest BCUT2D eigenvalue weighted by molar-refractivity contribution is 0.0378. The molecular formula is C15H23NO2. The van der Waals surface area contributed by atoms with Gasteiger partial charge in [-0.2, -0.15) is 0 Å². The van der Waals surface area contributed by atoms with E-state index in [4.69, 9.17) is 4.74 Å². The molecule has 0 aliphatic heterocycles. The zero-order valence-corrected chi connectivity index (χ0v) is 11.9. The minimum atomic E-state index is -0.270. The summed E-state index contributed by atoms with van der Waals surface area (Å²) in [6, 6.07) is 7.81. The monoisotopic (exact) mass is 249 g/mol. The Hall–Kier alpha value is -1.51. The normalized spacial score (nSPS) is 12.6. The first-order valence-corrected chi connectivity index (χ1v) is 6.47. The number of carbonyl (C=O) groups excluding carboxylic acids is 1. The Morgan fingerprint density at radius 3 is 2.06 bits per heavy atom. The van der Waals surface area contributed by atoms with Crippen LogP contribution < -0.4 is 5.32 Å². The fourth-order valence-corrected chi connectivity index (χ4v) is 1.41. The predicted molar refractivity (Wildman–Crippen MR) is 74.9 cm³/mol. The highest BCUT2D eigenvalue weighted by atomic mass is 16.5. The lowest BCUT2D eigenvalue weighted by Gasteiger charge is -2.18. The highest BCUT2D eigenvalue weighted by Gasteiger charge is 2.10. The van der Waals surface area contributed by atoms with Crippen LogP contribution in [-0.2, 0) is 4.74 Å². The molecule has 0 aromatic heterocycles. The fraction of sp³-hybridized carbons (Fsp3) is 0.533. The highest BCUT2D eigenvalue weighted by molar-refractivity contribution is 5.89. The summed E-state index contributed by atoms with van der Waals surface area (Å²) >= 11 is 0. The number of esters is 1. The molecule has 3 heteroatoms. The Morgan fingerprint density at radius 1 is 1.06 bits per heavy atom. The summed E-state index contributed by atoms with van der Waals surface area (Å²) < 4.78 is 5.14. The quantitative estimate of drug-likeness (QED) is 0.808. The Bertz CT molecular complexity index is 382. The second kappa shape index (κ2) is 6.43. The van der Waals surface area contributed by atoms with E-state index in [1.54, 1.807) is 12.1 Å². The summed E-state index contributed by atoms with van der Waals surface area (Å²) in [5, 5.41) is 3.40. The third-order valence-corrected chi connectivity index (χ3v) is 2.86. The number of carbonyl (C=O) groups is 1. The van der Waals surface area contributed by atoms with E-state index in [-0.39, 0.29) is 12.1 Å². The van der Waals surface area contributed by atoms with Crippen molar-refractivity contribution >= 4 is 11.7 Å². The number of hydrogen-bond donors (Lipinski definition) is 1. The van der Waals surface area contributed by atoms with Crippen LogP contribution >= 0.6 is 0 Å². The summed E-state index contributed by atoms with van der Waals surface area (Å²) in [5.74, 6) is 0.295. The molecule has 0 spiro atoms. The maximum atomic E-state index is 11.7. The van der Waals surface area contributed by atoms with E-state index in [9.17, 15) is 4.79 Å². The SMILES string of the molecule is CC(C)OC(=O)c1ccc(NC(C)C(C)C)cc1. The van der Waals surface area contributed by atoms with Crippen LogP contribution in [-0.4, -0.2) is 18.1 Å². The number of hydrogen-bond acceptors (Lipinski definition) is 3. The average Bonchev–Trinajstić information content (AvgIpc) is 2.28. The molecule has 0 aliphatic carbocycles. The molecule has 1 N–H and O–H groups in total. The number of rotatable bonds is 5. The number of benzene rings is 1. The molecule has 0 saturated heterocycles. The topological polar surface area (TPSA) is 38.3 Å². The Labute approximate surface area is 110 Å². The van der Waals surface area contributed by atoms with Crippen LogP contribution in [0.25, 0.3) is 0 Å². The van der Waals surface area contributed by atoms with Crippen molar-refractivity contribution < 1.29 is 9.53 Å². The van der Waals surface area contributed by atoms with Crippen molar-refractivity contribution in [2.75, 3.05) is 5.32 Å². The zero-order valence-electron chi connectivity index (χ0n) is 11.9. The number of nitrogens with one attached hydrogen (secondary N) is 1. The molecule has 0 fully saturated rings. The van der Waals surface area contributed by atoms with E-state index in [0.29, 0.717) is 17.5 Å². The lowest BCUT2D eigenvalue weighted by atomic mass is 10.1. The van der Waals surface area contributed by atoms with Crippen molar-refractivity contribution in [1.82, 2.24) is 0 Å². The summed E-state index contributed by atoms with van der Waals surface area (Å²) in [5.41, 5.74) is 1.61. The smallest absolute Gasteiger partial charge is 0.338 e. The molecule has 0 saturated carbocycles. The Morgan fingerprint density at radius 2 is 1.61 bits per heavy atom. The van der Waals surface area contributed by atoms with Gasteiger partial charge in [0.05, 0.1) is 11.7 Å². The van der Waals surface area contributed by atoms with Crippen molar-refractivity contribution in [2.24, 2.45) is 5.92 Å². The van der Waals surface area contributed by atoms with E-state index >= 15 is 0 Å². The number of ether oxygens (including phenoxy) is 1. The van der Waals surface area contributed by atoms with Gasteiger partial charge in [-0.25, -0.2) is 4.79 Å². The molecule has 1 rings (SSSR count). The van der Waals surface area contributed by atoms with Gasteiger partial charge in [0, 0.05) is 11.7 Å². The first kappa shape index (κ1) is 14.6. The summed E-state index contributed by atoms with van der Waals surface area (Å²) in [7, 11) is 0. The lowest BCUT2D eigenvalue weighted by Crippen LogP contribution is -2.21.